The summed E-state index contributed by atoms with van der Waals surface area (Å²) in [5, 5.41) is 9.32. The summed E-state index contributed by atoms with van der Waals surface area (Å²) in [4.78, 5) is 3.70. The van der Waals surface area contributed by atoms with Crippen molar-refractivity contribution in [3.63, 3.8) is 0 Å². The first kappa shape index (κ1) is 13.1. The van der Waals surface area contributed by atoms with E-state index in [2.05, 4.69) is 4.98 Å². The van der Waals surface area contributed by atoms with E-state index in [1.807, 2.05) is 0 Å². The van der Waals surface area contributed by atoms with Gasteiger partial charge in [-0.3, -0.25) is 0 Å². The van der Waals surface area contributed by atoms with E-state index in [1.54, 1.807) is 18.2 Å². The van der Waals surface area contributed by atoms with Crippen LogP contribution >= 0.6 is 34.8 Å². The molecule has 1 aromatic carbocycles. The summed E-state index contributed by atoms with van der Waals surface area (Å²) >= 11 is 17.7. The highest BCUT2D eigenvalue weighted by atomic mass is 35.5. The Kier molecular flexibility index (Phi) is 3.72. The van der Waals surface area contributed by atoms with E-state index in [9.17, 15) is 4.39 Å². The smallest absolute Gasteiger partial charge is 0.176 e. The average Bonchev–Trinajstić information content (AvgIpc) is 2.36. The molecule has 0 aliphatic heterocycles. The molecular weight excluding hydrogens is 298 g/mol. The van der Waals surface area contributed by atoms with Crippen molar-refractivity contribution in [2.45, 2.75) is 0 Å². The summed E-state index contributed by atoms with van der Waals surface area (Å²) in [5.74, 6) is -0.711. The van der Waals surface area contributed by atoms with E-state index in [0.29, 0.717) is 16.1 Å². The summed E-state index contributed by atoms with van der Waals surface area (Å²) in [6.45, 7) is 0. The molecule has 0 N–H and O–H groups in total. The molecule has 90 valence electrons. The maximum absolute atomic E-state index is 13.5. The fourth-order valence-electron chi connectivity index (χ4n) is 1.42. The highest BCUT2D eigenvalue weighted by molar-refractivity contribution is 6.49. The Bertz CT molecular complexity index is 665. The van der Waals surface area contributed by atoms with Gasteiger partial charge in [0.15, 0.2) is 11.5 Å². The van der Waals surface area contributed by atoms with Crippen LogP contribution in [-0.2, 0) is 0 Å². The number of nitrogens with zero attached hydrogens (tertiary/aromatic N) is 2. The van der Waals surface area contributed by atoms with E-state index in [4.69, 9.17) is 40.1 Å². The van der Waals surface area contributed by atoms with Gasteiger partial charge in [-0.05, 0) is 12.1 Å². The summed E-state index contributed by atoms with van der Waals surface area (Å²) in [5.41, 5.74) is 0.659. The first-order valence-corrected chi connectivity index (χ1v) is 5.87. The first-order valence-electron chi connectivity index (χ1n) is 4.74. The molecule has 2 rings (SSSR count). The number of hydrogen-bond acceptors (Lipinski definition) is 2. The lowest BCUT2D eigenvalue weighted by molar-refractivity contribution is 0.617. The normalized spacial score (nSPS) is 10.2. The van der Waals surface area contributed by atoms with Crippen LogP contribution in [0.5, 0.6) is 0 Å². The Morgan fingerprint density at radius 2 is 1.89 bits per heavy atom. The Morgan fingerprint density at radius 1 is 1.17 bits per heavy atom. The van der Waals surface area contributed by atoms with Gasteiger partial charge in [-0.2, -0.15) is 5.26 Å². The molecule has 0 saturated heterocycles. The van der Waals surface area contributed by atoms with Gasteiger partial charge in [-0.1, -0.05) is 40.9 Å². The zero-order valence-corrected chi connectivity index (χ0v) is 11.0. The number of aromatic nitrogens is 1. The molecule has 6 heteroatoms. The largest absolute Gasteiger partial charge is 0.242 e. The van der Waals surface area contributed by atoms with Crippen molar-refractivity contribution in [1.82, 2.24) is 4.98 Å². The van der Waals surface area contributed by atoms with Crippen LogP contribution < -0.4 is 0 Å². The molecule has 0 aliphatic rings. The molecule has 0 aliphatic carbocycles. The molecule has 1 aromatic heterocycles. The van der Waals surface area contributed by atoms with Crippen molar-refractivity contribution >= 4 is 34.8 Å². The average molecular weight is 302 g/mol. The van der Waals surface area contributed by atoms with E-state index in [1.165, 1.54) is 12.3 Å². The highest BCUT2D eigenvalue weighted by Crippen LogP contribution is 2.37. The molecule has 0 radical (unpaired) electrons. The Hall–Kier alpha value is -1.34. The van der Waals surface area contributed by atoms with Crippen LogP contribution in [0.3, 0.4) is 0 Å². The molecule has 0 spiro atoms. The second-order valence-corrected chi connectivity index (χ2v) is 4.55. The molecule has 0 amide bonds. The molecule has 0 atom stereocenters. The monoisotopic (exact) mass is 300 g/mol. The molecule has 2 nitrogen and oxygen atoms in total. The quantitative estimate of drug-likeness (QED) is 0.715. The van der Waals surface area contributed by atoms with E-state index < -0.39 is 5.82 Å². The second kappa shape index (κ2) is 5.11. The number of hydrogen-bond donors (Lipinski definition) is 0. The topological polar surface area (TPSA) is 36.7 Å². The van der Waals surface area contributed by atoms with Gasteiger partial charge >= 0.3 is 0 Å². The summed E-state index contributed by atoms with van der Waals surface area (Å²) in [6.07, 6.45) is 1.35. The van der Waals surface area contributed by atoms with Crippen LogP contribution in [-0.4, -0.2) is 4.98 Å². The molecule has 0 saturated carbocycles. The van der Waals surface area contributed by atoms with Crippen LogP contribution in [0.1, 0.15) is 5.69 Å². The molecule has 0 unspecified atom stereocenters. The van der Waals surface area contributed by atoms with Crippen LogP contribution in [0, 0.1) is 17.1 Å². The van der Waals surface area contributed by atoms with Crippen LogP contribution in [0.25, 0.3) is 11.1 Å². The molecular formula is C12H4Cl3FN2. The van der Waals surface area contributed by atoms with Gasteiger partial charge in [0.25, 0.3) is 0 Å². The predicted octanol–water partition coefficient (Wildman–Crippen LogP) is 4.72. The predicted molar refractivity (Wildman–Crippen MR) is 69.4 cm³/mol. The first-order chi connectivity index (χ1) is 8.54. The molecule has 1 heterocycles. The molecule has 0 bridgehead atoms. The minimum atomic E-state index is -0.711. The van der Waals surface area contributed by atoms with Gasteiger partial charge < -0.3 is 0 Å². The second-order valence-electron chi connectivity index (χ2n) is 3.39. The molecule has 2 aromatic rings. The Balaban J connectivity index is 2.60. The van der Waals surface area contributed by atoms with Crippen molar-refractivity contribution in [3.05, 3.63) is 51.0 Å². The van der Waals surface area contributed by atoms with E-state index >= 15 is 0 Å². The zero-order valence-electron chi connectivity index (χ0n) is 8.72. The summed E-state index contributed by atoms with van der Waals surface area (Å²) in [7, 11) is 0. The maximum Gasteiger partial charge on any atom is 0.176 e. The third-order valence-electron chi connectivity index (χ3n) is 2.29. The van der Waals surface area contributed by atoms with E-state index in [-0.39, 0.29) is 15.7 Å². The number of rotatable bonds is 1. The standard InChI is InChI=1S/C12H4Cl3FN2/c13-8-2-1-7(11(14)12(8)15)6-3-9(16)10(4-17)18-5-6/h1-3,5H. The minimum Gasteiger partial charge on any atom is -0.242 e. The zero-order chi connectivity index (χ0) is 13.3. The number of nitriles is 1. The van der Waals surface area contributed by atoms with Gasteiger partial charge in [0.2, 0.25) is 0 Å². The minimum absolute atomic E-state index is 0.195. The fourth-order valence-corrected chi connectivity index (χ4v) is 2.06. The van der Waals surface area contributed by atoms with Crippen molar-refractivity contribution in [1.29, 1.82) is 5.26 Å². The highest BCUT2D eigenvalue weighted by Gasteiger charge is 2.12. The van der Waals surface area contributed by atoms with Crippen molar-refractivity contribution < 1.29 is 4.39 Å². The maximum atomic E-state index is 13.5. The number of benzene rings is 1. The van der Waals surface area contributed by atoms with Gasteiger partial charge in [0.1, 0.15) is 6.07 Å². The van der Waals surface area contributed by atoms with E-state index in [0.717, 1.165) is 0 Å². The van der Waals surface area contributed by atoms with Crippen LogP contribution in [0.2, 0.25) is 15.1 Å². The lowest BCUT2D eigenvalue weighted by Gasteiger charge is -2.07. The lowest BCUT2D eigenvalue weighted by Crippen LogP contribution is -1.91. The summed E-state index contributed by atoms with van der Waals surface area (Å²) < 4.78 is 13.5. The SMILES string of the molecule is N#Cc1ncc(-c2ccc(Cl)c(Cl)c2Cl)cc1F. The third-order valence-corrected chi connectivity index (χ3v) is 3.59. The molecule has 18 heavy (non-hydrogen) atoms. The number of pyridine rings is 1. The van der Waals surface area contributed by atoms with Crippen molar-refractivity contribution in [2.24, 2.45) is 0 Å². The number of halogens is 4. The Labute approximate surface area is 118 Å². The van der Waals surface area contributed by atoms with Crippen molar-refractivity contribution in [3.8, 4) is 17.2 Å². The van der Waals surface area contributed by atoms with Gasteiger partial charge in [-0.25, -0.2) is 9.37 Å². The third kappa shape index (κ3) is 2.28. The van der Waals surface area contributed by atoms with Crippen LogP contribution in [0.4, 0.5) is 4.39 Å². The Morgan fingerprint density at radius 3 is 2.50 bits per heavy atom. The molecule has 0 fully saturated rings. The lowest BCUT2D eigenvalue weighted by atomic mass is 10.1. The van der Waals surface area contributed by atoms with Crippen LogP contribution in [0.15, 0.2) is 24.4 Å². The van der Waals surface area contributed by atoms with Crippen molar-refractivity contribution in [2.75, 3.05) is 0 Å². The van der Waals surface area contributed by atoms with Gasteiger partial charge in [0, 0.05) is 17.3 Å². The van der Waals surface area contributed by atoms with Gasteiger partial charge in [-0.15, -0.1) is 0 Å². The van der Waals surface area contributed by atoms with Gasteiger partial charge in [0.05, 0.1) is 15.1 Å². The fraction of sp³-hybridized carbons (Fsp3) is 0. The summed E-state index contributed by atoms with van der Waals surface area (Å²) in [6, 6.07) is 5.99.